The van der Waals surface area contributed by atoms with Crippen molar-refractivity contribution in [3.63, 3.8) is 0 Å². The van der Waals surface area contributed by atoms with Crippen molar-refractivity contribution in [2.75, 3.05) is 50.9 Å². The Kier molecular flexibility index (Phi) is 8.52. The minimum absolute atomic E-state index is 0.0393. The number of ether oxygens (including phenoxy) is 2. The molecule has 3 fully saturated rings. The summed E-state index contributed by atoms with van der Waals surface area (Å²) >= 11 is 0. The molecule has 2 heterocycles. The van der Waals surface area contributed by atoms with Crippen molar-refractivity contribution in [1.82, 2.24) is 10.2 Å². The molecule has 3 aliphatic rings. The number of carbonyl (C=O) groups excluding carboxylic acids is 1. The van der Waals surface area contributed by atoms with Gasteiger partial charge in [-0.2, -0.15) is 13.2 Å². The number of hydrogen-bond acceptors (Lipinski definition) is 5. The van der Waals surface area contributed by atoms with Crippen molar-refractivity contribution in [2.45, 2.75) is 70.8 Å². The SMILES string of the molecule is CCOC1COCCC1N[C@@H]1CCC(C(=O)N2CCN(c3cccc(C(F)(F)F)c3)CC2)(C(C)C)C1. The van der Waals surface area contributed by atoms with E-state index in [2.05, 4.69) is 19.2 Å². The Bertz CT molecular complexity index is 887. The Morgan fingerprint density at radius 3 is 2.64 bits per heavy atom. The lowest BCUT2D eigenvalue weighted by atomic mass is 9.74. The number of nitrogens with zero attached hydrogens (tertiary/aromatic N) is 2. The van der Waals surface area contributed by atoms with Crippen molar-refractivity contribution in [2.24, 2.45) is 11.3 Å². The van der Waals surface area contributed by atoms with E-state index in [-0.39, 0.29) is 30.0 Å². The van der Waals surface area contributed by atoms with Crippen LogP contribution in [0, 0.1) is 11.3 Å². The second kappa shape index (κ2) is 11.3. The first kappa shape index (κ1) is 27.2. The van der Waals surface area contributed by atoms with Crippen molar-refractivity contribution >= 4 is 11.6 Å². The third kappa shape index (κ3) is 5.83. The fourth-order valence-electron chi connectivity index (χ4n) is 6.13. The van der Waals surface area contributed by atoms with Crippen molar-refractivity contribution in [3.8, 4) is 0 Å². The average Bonchev–Trinajstić information content (AvgIpc) is 3.30. The summed E-state index contributed by atoms with van der Waals surface area (Å²) < 4.78 is 50.9. The van der Waals surface area contributed by atoms with Gasteiger partial charge in [-0.05, 0) is 56.7 Å². The zero-order valence-corrected chi connectivity index (χ0v) is 21.7. The van der Waals surface area contributed by atoms with Gasteiger partial charge in [0.05, 0.1) is 23.7 Å². The molecule has 4 atom stereocenters. The fourth-order valence-corrected chi connectivity index (χ4v) is 6.13. The van der Waals surface area contributed by atoms with Crippen LogP contribution in [0.2, 0.25) is 0 Å². The van der Waals surface area contributed by atoms with Gasteiger partial charge in [-0.15, -0.1) is 0 Å². The predicted octanol–water partition coefficient (Wildman–Crippen LogP) is 4.33. The third-order valence-electron chi connectivity index (χ3n) is 8.32. The van der Waals surface area contributed by atoms with Gasteiger partial charge in [0.25, 0.3) is 0 Å². The first-order valence-corrected chi connectivity index (χ1v) is 13.3. The molecule has 202 valence electrons. The van der Waals surface area contributed by atoms with E-state index in [0.717, 1.165) is 38.4 Å². The molecule has 0 radical (unpaired) electrons. The lowest BCUT2D eigenvalue weighted by Gasteiger charge is -2.42. The van der Waals surface area contributed by atoms with Crippen LogP contribution in [-0.2, 0) is 20.4 Å². The van der Waals surface area contributed by atoms with Crippen LogP contribution in [-0.4, -0.2) is 75.0 Å². The van der Waals surface area contributed by atoms with E-state index in [1.54, 1.807) is 6.07 Å². The highest BCUT2D eigenvalue weighted by Crippen LogP contribution is 2.46. The first-order chi connectivity index (χ1) is 17.1. The predicted molar refractivity (Wildman–Crippen MR) is 133 cm³/mol. The molecule has 4 rings (SSSR count). The van der Waals surface area contributed by atoms with Crippen molar-refractivity contribution in [1.29, 1.82) is 0 Å². The standard InChI is InChI=1S/C27H40F3N3O3/c1-4-36-24-18-35-15-9-23(24)31-21-8-10-26(17-21,19(2)3)25(34)33-13-11-32(12-14-33)22-7-5-6-20(16-22)27(28,29)30/h5-7,16,19,21,23-24,31H,4,8-15,17-18H2,1-3H3/t21-,23?,24?,26?/m1/s1. The van der Waals surface area contributed by atoms with Gasteiger partial charge in [-0.25, -0.2) is 0 Å². The molecule has 6 nitrogen and oxygen atoms in total. The van der Waals surface area contributed by atoms with E-state index < -0.39 is 17.2 Å². The molecule has 2 aliphatic heterocycles. The minimum atomic E-state index is -4.36. The van der Waals surface area contributed by atoms with Crippen LogP contribution in [0.25, 0.3) is 0 Å². The van der Waals surface area contributed by atoms with Crippen LogP contribution in [0.4, 0.5) is 18.9 Å². The largest absolute Gasteiger partial charge is 0.416 e. The molecule has 2 saturated heterocycles. The summed E-state index contributed by atoms with van der Waals surface area (Å²) in [5.41, 5.74) is -0.499. The lowest BCUT2D eigenvalue weighted by molar-refractivity contribution is -0.145. The molecule has 0 bridgehead atoms. The van der Waals surface area contributed by atoms with Crippen LogP contribution < -0.4 is 10.2 Å². The highest BCUT2D eigenvalue weighted by Gasteiger charge is 2.50. The van der Waals surface area contributed by atoms with Gasteiger partial charge in [0.2, 0.25) is 5.91 Å². The molecular weight excluding hydrogens is 471 g/mol. The van der Waals surface area contributed by atoms with Crippen LogP contribution >= 0.6 is 0 Å². The molecule has 3 unspecified atom stereocenters. The summed E-state index contributed by atoms with van der Waals surface area (Å²) in [6.07, 6.45) is -0.827. The average molecular weight is 512 g/mol. The summed E-state index contributed by atoms with van der Waals surface area (Å²) in [6, 6.07) is 5.94. The Balaban J connectivity index is 1.38. The van der Waals surface area contributed by atoms with E-state index in [9.17, 15) is 18.0 Å². The van der Waals surface area contributed by atoms with Gasteiger partial charge >= 0.3 is 6.18 Å². The van der Waals surface area contributed by atoms with Crippen molar-refractivity contribution in [3.05, 3.63) is 29.8 Å². The lowest BCUT2D eigenvalue weighted by Crippen LogP contribution is -2.55. The first-order valence-electron chi connectivity index (χ1n) is 13.3. The fraction of sp³-hybridized carbons (Fsp3) is 0.741. The Morgan fingerprint density at radius 2 is 1.97 bits per heavy atom. The van der Waals surface area contributed by atoms with Gasteiger partial charge in [0.1, 0.15) is 0 Å². The number of rotatable bonds is 7. The zero-order chi connectivity index (χ0) is 25.9. The van der Waals surface area contributed by atoms with Gasteiger partial charge < -0.3 is 24.6 Å². The molecule has 1 aromatic carbocycles. The number of piperazine rings is 1. The molecule has 1 N–H and O–H groups in total. The van der Waals surface area contributed by atoms with Crippen molar-refractivity contribution < 1.29 is 27.4 Å². The molecule has 36 heavy (non-hydrogen) atoms. The summed E-state index contributed by atoms with van der Waals surface area (Å²) in [5, 5.41) is 3.79. The highest BCUT2D eigenvalue weighted by molar-refractivity contribution is 5.84. The van der Waals surface area contributed by atoms with Crippen LogP contribution in [0.3, 0.4) is 0 Å². The zero-order valence-electron chi connectivity index (χ0n) is 21.7. The molecular formula is C27H40F3N3O3. The monoisotopic (exact) mass is 511 g/mol. The second-order valence-electron chi connectivity index (χ2n) is 10.7. The molecule has 1 aromatic rings. The highest BCUT2D eigenvalue weighted by atomic mass is 19.4. The van der Waals surface area contributed by atoms with Crippen LogP contribution in [0.15, 0.2) is 24.3 Å². The Labute approximate surface area is 212 Å². The summed E-state index contributed by atoms with van der Waals surface area (Å²) in [6.45, 7) is 10.3. The molecule has 1 aliphatic carbocycles. The van der Waals surface area contributed by atoms with Gasteiger partial charge in [-0.1, -0.05) is 19.9 Å². The number of nitrogens with one attached hydrogen (secondary N) is 1. The quantitative estimate of drug-likeness (QED) is 0.591. The normalized spacial score (nSPS) is 29.7. The number of anilines is 1. The number of alkyl halides is 3. The van der Waals surface area contributed by atoms with Crippen LogP contribution in [0.5, 0.6) is 0 Å². The Morgan fingerprint density at radius 1 is 1.22 bits per heavy atom. The summed E-state index contributed by atoms with van der Waals surface area (Å²) in [4.78, 5) is 17.8. The molecule has 1 amide bonds. The minimum Gasteiger partial charge on any atom is -0.379 e. The number of carbonyl (C=O) groups is 1. The molecule has 1 saturated carbocycles. The Hall–Kier alpha value is -1.84. The number of benzene rings is 1. The summed E-state index contributed by atoms with van der Waals surface area (Å²) in [5.74, 6) is 0.398. The third-order valence-corrected chi connectivity index (χ3v) is 8.32. The molecule has 0 aromatic heterocycles. The summed E-state index contributed by atoms with van der Waals surface area (Å²) in [7, 11) is 0. The van der Waals surface area contributed by atoms with E-state index in [1.165, 1.54) is 12.1 Å². The maximum atomic E-state index is 13.9. The van der Waals surface area contributed by atoms with E-state index in [0.29, 0.717) is 45.1 Å². The maximum Gasteiger partial charge on any atom is 0.416 e. The van der Waals surface area contributed by atoms with E-state index in [4.69, 9.17) is 9.47 Å². The molecule has 9 heteroatoms. The van der Waals surface area contributed by atoms with E-state index in [1.807, 2.05) is 16.7 Å². The van der Waals surface area contributed by atoms with E-state index >= 15 is 0 Å². The van der Waals surface area contributed by atoms with Gasteiger partial charge in [0.15, 0.2) is 0 Å². The maximum absolute atomic E-state index is 13.9. The van der Waals surface area contributed by atoms with Gasteiger partial charge in [0, 0.05) is 57.2 Å². The number of hydrogen-bond donors (Lipinski definition) is 1. The number of amides is 1. The van der Waals surface area contributed by atoms with Gasteiger partial charge in [-0.3, -0.25) is 4.79 Å². The number of halogens is 3. The topological polar surface area (TPSA) is 54.0 Å². The second-order valence-corrected chi connectivity index (χ2v) is 10.7. The molecule has 0 spiro atoms. The van der Waals surface area contributed by atoms with Crippen LogP contribution in [0.1, 0.15) is 52.0 Å². The smallest absolute Gasteiger partial charge is 0.379 e.